The number of para-hydroxylation sites is 3. The van der Waals surface area contributed by atoms with Crippen LogP contribution in [0.5, 0.6) is 0 Å². The second-order valence-electron chi connectivity index (χ2n) is 13.6. The highest BCUT2D eigenvalue weighted by atomic mass is 32.2. The van der Waals surface area contributed by atoms with E-state index in [0.717, 1.165) is 0 Å². The molecule has 0 saturated carbocycles. The molecule has 9 aromatic rings. The normalized spacial score (nSPS) is 15.6. The van der Waals surface area contributed by atoms with E-state index >= 15 is 0 Å². The average molecular weight is 698 g/mol. The molecule has 8 aromatic carbocycles. The summed E-state index contributed by atoms with van der Waals surface area (Å²) in [6, 6.07) is 69.7. The topological polar surface area (TPSA) is 4.93 Å². The number of rotatable bonds is 3. The fourth-order valence-corrected chi connectivity index (χ4v) is 11.3. The molecule has 0 saturated heterocycles. The molecule has 244 valence electrons. The average Bonchev–Trinajstić information content (AvgIpc) is 3.56. The van der Waals surface area contributed by atoms with Crippen LogP contribution in [-0.4, -0.2) is 4.57 Å². The van der Waals surface area contributed by atoms with Crippen LogP contribution >= 0.6 is 23.5 Å². The van der Waals surface area contributed by atoms with Crippen LogP contribution in [-0.2, 0) is 5.41 Å². The molecule has 0 N–H and O–H groups in total. The Morgan fingerprint density at radius 3 is 1.79 bits per heavy atom. The minimum atomic E-state index is -0.486. The minimum absolute atomic E-state index is 0.486. The van der Waals surface area contributed by atoms with E-state index in [1.807, 2.05) is 23.5 Å². The summed E-state index contributed by atoms with van der Waals surface area (Å²) in [7, 11) is 0. The molecule has 2 aliphatic rings. The molecule has 1 aromatic heterocycles. The third-order valence-electron chi connectivity index (χ3n) is 10.9. The van der Waals surface area contributed by atoms with E-state index in [-0.39, 0.29) is 0 Å². The molecule has 1 atom stereocenters. The summed E-state index contributed by atoms with van der Waals surface area (Å²) >= 11 is 3.82. The van der Waals surface area contributed by atoms with Crippen LogP contribution in [0.15, 0.2) is 208 Å². The van der Waals surface area contributed by atoms with Crippen LogP contribution in [0.4, 0.5) is 0 Å². The van der Waals surface area contributed by atoms with Crippen LogP contribution < -0.4 is 0 Å². The van der Waals surface area contributed by atoms with Crippen molar-refractivity contribution in [3.8, 4) is 27.9 Å². The van der Waals surface area contributed by atoms with E-state index in [2.05, 4.69) is 193 Å². The summed E-state index contributed by atoms with van der Waals surface area (Å²) in [5, 5.41) is 2.53. The number of aromatic nitrogens is 1. The molecule has 0 bridgehead atoms. The third-order valence-corrected chi connectivity index (χ3v) is 13.3. The van der Waals surface area contributed by atoms with Crippen molar-refractivity contribution in [1.29, 1.82) is 0 Å². The zero-order valence-electron chi connectivity index (χ0n) is 28.2. The van der Waals surface area contributed by atoms with Gasteiger partial charge in [0.25, 0.3) is 0 Å². The molecule has 3 heterocycles. The van der Waals surface area contributed by atoms with E-state index in [9.17, 15) is 0 Å². The molecular formula is C49H31NS2. The van der Waals surface area contributed by atoms with Crippen molar-refractivity contribution in [2.75, 3.05) is 0 Å². The van der Waals surface area contributed by atoms with Gasteiger partial charge in [0, 0.05) is 41.6 Å². The second-order valence-corrected chi connectivity index (χ2v) is 15.7. The number of hydrogen-bond donors (Lipinski definition) is 0. The van der Waals surface area contributed by atoms with Crippen molar-refractivity contribution in [3.05, 3.63) is 210 Å². The minimum Gasteiger partial charge on any atom is -0.309 e. The van der Waals surface area contributed by atoms with E-state index in [1.165, 1.54) is 91.6 Å². The van der Waals surface area contributed by atoms with Crippen LogP contribution in [0.3, 0.4) is 0 Å². The largest absolute Gasteiger partial charge is 0.309 e. The third kappa shape index (κ3) is 4.21. The fourth-order valence-electron chi connectivity index (χ4n) is 8.79. The Labute approximate surface area is 311 Å². The molecule has 1 nitrogen and oxygen atoms in total. The van der Waals surface area contributed by atoms with Crippen LogP contribution in [0.2, 0.25) is 0 Å². The van der Waals surface area contributed by atoms with Crippen molar-refractivity contribution < 1.29 is 0 Å². The van der Waals surface area contributed by atoms with Crippen molar-refractivity contribution in [1.82, 2.24) is 4.57 Å². The maximum absolute atomic E-state index is 2.46. The lowest BCUT2D eigenvalue weighted by atomic mass is 9.64. The summed E-state index contributed by atoms with van der Waals surface area (Å²) in [4.78, 5) is 5.24. The summed E-state index contributed by atoms with van der Waals surface area (Å²) in [6.45, 7) is 0. The molecule has 1 unspecified atom stereocenters. The first-order valence-corrected chi connectivity index (χ1v) is 19.4. The highest BCUT2D eigenvalue weighted by molar-refractivity contribution is 8.00. The molecule has 52 heavy (non-hydrogen) atoms. The maximum atomic E-state index is 2.46. The monoisotopic (exact) mass is 697 g/mol. The molecule has 2 aliphatic heterocycles. The van der Waals surface area contributed by atoms with Gasteiger partial charge in [0.2, 0.25) is 0 Å². The zero-order chi connectivity index (χ0) is 34.2. The standard InChI is InChI=1S/C49H31NS2/c1-3-15-32(16-4-1)33-29-30-41-46(31-33)51-44-27-11-8-23-39(44)49(41)40-24-9-12-28-45(40)52-48-38(22-14-25-42(48)49)37-21-13-20-36-35-19-7-10-26-43(35)50(47(36)37)34-17-5-2-6-18-34/h1-31H. The summed E-state index contributed by atoms with van der Waals surface area (Å²) < 4.78 is 2.46. The quantitative estimate of drug-likeness (QED) is 0.181. The van der Waals surface area contributed by atoms with Crippen molar-refractivity contribution >= 4 is 45.3 Å². The van der Waals surface area contributed by atoms with Gasteiger partial charge >= 0.3 is 0 Å². The molecule has 1 spiro atoms. The second kappa shape index (κ2) is 11.6. The highest BCUT2D eigenvalue weighted by Gasteiger charge is 2.49. The molecule has 0 radical (unpaired) electrons. The number of nitrogens with zero attached hydrogens (tertiary/aromatic N) is 1. The van der Waals surface area contributed by atoms with Gasteiger partial charge in [0.15, 0.2) is 0 Å². The zero-order valence-corrected chi connectivity index (χ0v) is 29.8. The van der Waals surface area contributed by atoms with E-state index in [4.69, 9.17) is 0 Å². The number of fused-ring (bicyclic) bond motifs is 11. The van der Waals surface area contributed by atoms with Gasteiger partial charge in [-0.05, 0) is 75.3 Å². The van der Waals surface area contributed by atoms with Crippen molar-refractivity contribution in [2.45, 2.75) is 25.0 Å². The summed E-state index contributed by atoms with van der Waals surface area (Å²) in [6.07, 6.45) is 0. The predicted octanol–water partition coefficient (Wildman–Crippen LogP) is 13.4. The van der Waals surface area contributed by atoms with Gasteiger partial charge < -0.3 is 4.57 Å². The van der Waals surface area contributed by atoms with E-state index < -0.39 is 5.41 Å². The van der Waals surface area contributed by atoms with Crippen LogP contribution in [0, 0.1) is 0 Å². The van der Waals surface area contributed by atoms with Gasteiger partial charge in [0.1, 0.15) is 0 Å². The molecule has 11 rings (SSSR count). The molecule has 3 heteroatoms. The first-order valence-electron chi connectivity index (χ1n) is 17.8. The Bertz CT molecular complexity index is 2840. The van der Waals surface area contributed by atoms with Crippen LogP contribution in [0.25, 0.3) is 49.7 Å². The SMILES string of the molecule is c1ccc(-c2ccc3c(c2)Sc2ccccc2C32c3ccccc3Sc3c(-c4cccc5c6ccccc6n(-c6ccccc6)c45)cccc32)cc1. The Morgan fingerprint density at radius 1 is 0.385 bits per heavy atom. The molecule has 0 amide bonds. The molecule has 0 aliphatic carbocycles. The Morgan fingerprint density at radius 2 is 0.981 bits per heavy atom. The first kappa shape index (κ1) is 29.9. The molecular weight excluding hydrogens is 667 g/mol. The van der Waals surface area contributed by atoms with Gasteiger partial charge in [-0.15, -0.1) is 0 Å². The lowest BCUT2D eigenvalue weighted by Crippen LogP contribution is -2.36. The van der Waals surface area contributed by atoms with Crippen LogP contribution in [0.1, 0.15) is 22.3 Å². The highest BCUT2D eigenvalue weighted by Crippen LogP contribution is 2.63. The molecule has 0 fully saturated rings. The lowest BCUT2D eigenvalue weighted by Gasteiger charge is -2.46. The smallest absolute Gasteiger partial charge is 0.0745 e. The summed E-state index contributed by atoms with van der Waals surface area (Å²) in [5.41, 5.74) is 13.5. The van der Waals surface area contributed by atoms with Gasteiger partial charge in [-0.25, -0.2) is 0 Å². The Balaban J connectivity index is 1.24. The van der Waals surface area contributed by atoms with Gasteiger partial charge in [-0.2, -0.15) is 0 Å². The number of benzene rings is 8. The van der Waals surface area contributed by atoms with Crippen molar-refractivity contribution in [2.24, 2.45) is 0 Å². The lowest BCUT2D eigenvalue weighted by molar-refractivity contribution is 0.668. The Hall–Kier alpha value is -5.74. The van der Waals surface area contributed by atoms with E-state index in [1.54, 1.807) is 0 Å². The van der Waals surface area contributed by atoms with E-state index in [0.29, 0.717) is 0 Å². The van der Waals surface area contributed by atoms with Gasteiger partial charge in [-0.1, -0.05) is 175 Å². The summed E-state index contributed by atoms with van der Waals surface area (Å²) in [5.74, 6) is 0. The van der Waals surface area contributed by atoms with Gasteiger partial charge in [-0.3, -0.25) is 0 Å². The Kier molecular flexibility index (Phi) is 6.70. The first-order chi connectivity index (χ1) is 25.8. The fraction of sp³-hybridized carbons (Fsp3) is 0.0204. The number of hydrogen-bond acceptors (Lipinski definition) is 2. The predicted molar refractivity (Wildman–Crippen MR) is 218 cm³/mol. The van der Waals surface area contributed by atoms with Gasteiger partial charge in [0.05, 0.1) is 16.4 Å². The van der Waals surface area contributed by atoms with Crippen molar-refractivity contribution in [3.63, 3.8) is 0 Å². The maximum Gasteiger partial charge on any atom is 0.0745 e.